The molecule has 0 aliphatic heterocycles. The first-order chi connectivity index (χ1) is 27.8. The molecule has 1 radical (unpaired) electrons. The van der Waals surface area contributed by atoms with Crippen molar-refractivity contribution in [2.75, 3.05) is 11.5 Å². The Balaban J connectivity index is 1.87. The fourth-order valence-corrected chi connectivity index (χ4v) is 10.5. The van der Waals surface area contributed by atoms with Crippen LogP contribution in [0.25, 0.3) is 0 Å². The van der Waals surface area contributed by atoms with Crippen LogP contribution in [0.1, 0.15) is 289 Å². The van der Waals surface area contributed by atoms with Gasteiger partial charge < -0.3 is 0 Å². The fraction of sp³-hybridized carbons (Fsp3) is 0.870. The summed E-state index contributed by atoms with van der Waals surface area (Å²) in [6, 6.07) is 7.26. The summed E-state index contributed by atoms with van der Waals surface area (Å²) in [5.74, 6) is 2.53. The Morgan fingerprint density at radius 2 is 0.482 bits per heavy atom. The minimum atomic E-state index is 0.903. The quantitative estimate of drug-likeness (QED) is 0.0475. The van der Waals surface area contributed by atoms with E-state index in [1.54, 1.807) is 0 Å². The first kappa shape index (κ1) is 53.9. The SMILES string of the molecule is [CH2]Cc1cc(SCCCCCCCCCCCCCCCCCCCCCCC)cc(SCCCCCCCCCCCCCCCCCCCCCCC)c1. The molecule has 329 valence electrons. The molecular weight excluding hydrogens is 713 g/mol. The van der Waals surface area contributed by atoms with E-state index in [0.29, 0.717) is 0 Å². The smallest absolute Gasteiger partial charge is 0.00858 e. The van der Waals surface area contributed by atoms with Gasteiger partial charge in [-0.1, -0.05) is 271 Å². The Morgan fingerprint density at radius 3 is 0.679 bits per heavy atom. The van der Waals surface area contributed by atoms with Crippen LogP contribution in [0.4, 0.5) is 0 Å². The van der Waals surface area contributed by atoms with E-state index in [-0.39, 0.29) is 0 Å². The number of thioether (sulfide) groups is 2. The van der Waals surface area contributed by atoms with Gasteiger partial charge in [-0.15, -0.1) is 23.5 Å². The van der Waals surface area contributed by atoms with Gasteiger partial charge in [-0.25, -0.2) is 0 Å². The number of rotatable bonds is 47. The zero-order chi connectivity index (χ0) is 40.1. The highest BCUT2D eigenvalue weighted by molar-refractivity contribution is 8.00. The topological polar surface area (TPSA) is 0 Å². The lowest BCUT2D eigenvalue weighted by Crippen LogP contribution is -1.88. The van der Waals surface area contributed by atoms with Crippen molar-refractivity contribution in [1.82, 2.24) is 0 Å². The van der Waals surface area contributed by atoms with E-state index in [1.807, 2.05) is 0 Å². The van der Waals surface area contributed by atoms with Gasteiger partial charge in [0.25, 0.3) is 0 Å². The molecule has 0 nitrogen and oxygen atoms in total. The van der Waals surface area contributed by atoms with Gasteiger partial charge in [0.1, 0.15) is 0 Å². The van der Waals surface area contributed by atoms with Crippen LogP contribution in [0.5, 0.6) is 0 Å². The molecule has 0 atom stereocenters. The Morgan fingerprint density at radius 1 is 0.286 bits per heavy atom. The fourth-order valence-electron chi connectivity index (χ4n) is 8.39. The standard InChI is InChI=1S/C54H101S2/c1-4-7-9-11-13-15-17-19-21-23-25-27-29-31-33-35-37-39-41-43-45-47-55-53-49-52(6-3)50-54(51-53)56-48-46-44-42-40-38-36-34-32-30-28-26-24-22-20-18-16-14-12-10-8-5-2/h49-51H,3-48H2,1-2H3. The van der Waals surface area contributed by atoms with Gasteiger partial charge in [0.2, 0.25) is 0 Å². The number of unbranched alkanes of at least 4 members (excludes halogenated alkanes) is 40. The van der Waals surface area contributed by atoms with Gasteiger partial charge in [-0.2, -0.15) is 0 Å². The van der Waals surface area contributed by atoms with Crippen LogP contribution in [-0.4, -0.2) is 11.5 Å². The molecule has 56 heavy (non-hydrogen) atoms. The van der Waals surface area contributed by atoms with E-state index in [0.717, 1.165) is 6.42 Å². The average molecular weight is 815 g/mol. The predicted octanol–water partition coefficient (Wildman–Crippen LogP) is 20.7. The van der Waals surface area contributed by atoms with Crippen molar-refractivity contribution in [3.63, 3.8) is 0 Å². The van der Waals surface area contributed by atoms with Crippen molar-refractivity contribution in [2.24, 2.45) is 0 Å². The van der Waals surface area contributed by atoms with Crippen molar-refractivity contribution < 1.29 is 0 Å². The molecule has 0 aromatic heterocycles. The summed E-state index contributed by atoms with van der Waals surface area (Å²) in [6.07, 6.45) is 62.0. The lowest BCUT2D eigenvalue weighted by Gasteiger charge is -2.09. The molecule has 1 aromatic rings. The van der Waals surface area contributed by atoms with Gasteiger partial charge in [-0.05, 0) is 61.5 Å². The van der Waals surface area contributed by atoms with Crippen LogP contribution in [-0.2, 0) is 6.42 Å². The van der Waals surface area contributed by atoms with Gasteiger partial charge in [0, 0.05) is 9.79 Å². The van der Waals surface area contributed by atoms with E-state index in [1.165, 1.54) is 297 Å². The zero-order valence-electron chi connectivity index (χ0n) is 38.6. The van der Waals surface area contributed by atoms with Crippen LogP contribution >= 0.6 is 23.5 Å². The van der Waals surface area contributed by atoms with Crippen LogP contribution in [0.2, 0.25) is 0 Å². The molecule has 2 heteroatoms. The van der Waals surface area contributed by atoms with Crippen molar-refractivity contribution in [3.8, 4) is 0 Å². The summed E-state index contributed by atoms with van der Waals surface area (Å²) in [5.41, 5.74) is 1.41. The van der Waals surface area contributed by atoms with Crippen molar-refractivity contribution in [2.45, 2.75) is 300 Å². The summed E-state index contributed by atoms with van der Waals surface area (Å²) >= 11 is 4.16. The van der Waals surface area contributed by atoms with Gasteiger partial charge >= 0.3 is 0 Å². The number of hydrogen-bond acceptors (Lipinski definition) is 2. The highest BCUT2D eigenvalue weighted by Crippen LogP contribution is 2.29. The average Bonchev–Trinajstić information content (AvgIpc) is 3.21. The Labute approximate surface area is 363 Å². The lowest BCUT2D eigenvalue weighted by molar-refractivity contribution is 0.521. The van der Waals surface area contributed by atoms with Crippen molar-refractivity contribution in [1.29, 1.82) is 0 Å². The highest BCUT2D eigenvalue weighted by Gasteiger charge is 2.04. The molecular formula is C54H101S2. The highest BCUT2D eigenvalue weighted by atomic mass is 32.2. The minimum absolute atomic E-state index is 0.903. The third kappa shape index (κ3) is 39.4. The number of hydrogen-bond donors (Lipinski definition) is 0. The monoisotopic (exact) mass is 814 g/mol. The molecule has 1 rings (SSSR count). The van der Waals surface area contributed by atoms with E-state index in [9.17, 15) is 0 Å². The Hall–Kier alpha value is -0.0800. The molecule has 0 aliphatic rings. The van der Waals surface area contributed by atoms with Crippen LogP contribution in [0, 0.1) is 6.92 Å². The molecule has 0 unspecified atom stereocenters. The van der Waals surface area contributed by atoms with Gasteiger partial charge in [-0.3, -0.25) is 0 Å². The molecule has 0 heterocycles. The molecule has 0 aliphatic carbocycles. The van der Waals surface area contributed by atoms with E-state index in [4.69, 9.17) is 0 Å². The zero-order valence-corrected chi connectivity index (χ0v) is 40.2. The molecule has 0 bridgehead atoms. The van der Waals surface area contributed by atoms with Crippen LogP contribution in [0.3, 0.4) is 0 Å². The van der Waals surface area contributed by atoms with Crippen LogP contribution < -0.4 is 0 Å². The largest absolute Gasteiger partial charge is 0.126 e. The summed E-state index contributed by atoms with van der Waals surface area (Å²) < 4.78 is 0. The normalized spacial score (nSPS) is 11.6. The van der Waals surface area contributed by atoms with Crippen LogP contribution in [0.15, 0.2) is 28.0 Å². The first-order valence-corrected chi connectivity index (χ1v) is 28.0. The van der Waals surface area contributed by atoms with E-state index >= 15 is 0 Å². The maximum absolute atomic E-state index is 4.21. The maximum atomic E-state index is 4.21. The molecule has 1 aromatic carbocycles. The molecule has 0 N–H and O–H groups in total. The number of benzene rings is 1. The summed E-state index contributed by atoms with van der Waals surface area (Å²) in [5, 5.41) is 0. The third-order valence-electron chi connectivity index (χ3n) is 12.3. The predicted molar refractivity (Wildman–Crippen MR) is 262 cm³/mol. The minimum Gasteiger partial charge on any atom is -0.126 e. The molecule has 0 spiro atoms. The summed E-state index contributed by atoms with van der Waals surface area (Å²) in [6.45, 7) is 8.83. The van der Waals surface area contributed by atoms with Crippen molar-refractivity contribution >= 4 is 23.5 Å². The van der Waals surface area contributed by atoms with Gasteiger partial charge in [0.05, 0.1) is 0 Å². The first-order valence-electron chi connectivity index (χ1n) is 26.0. The Kier molecular flexibility index (Phi) is 44.3. The summed E-state index contributed by atoms with van der Waals surface area (Å²) in [7, 11) is 0. The summed E-state index contributed by atoms with van der Waals surface area (Å²) in [4.78, 5) is 2.95. The molecule has 0 saturated carbocycles. The second-order valence-corrected chi connectivity index (χ2v) is 20.2. The second-order valence-electron chi connectivity index (χ2n) is 17.9. The Bertz CT molecular complexity index is 813. The van der Waals surface area contributed by atoms with Crippen molar-refractivity contribution in [3.05, 3.63) is 30.7 Å². The second kappa shape index (κ2) is 46.0. The molecule has 0 fully saturated rings. The molecule has 0 amide bonds. The lowest BCUT2D eigenvalue weighted by atomic mass is 10.0. The molecule has 0 saturated heterocycles. The van der Waals surface area contributed by atoms with E-state index in [2.05, 4.69) is 62.5 Å². The van der Waals surface area contributed by atoms with Gasteiger partial charge in [0.15, 0.2) is 0 Å². The van der Waals surface area contributed by atoms with E-state index < -0.39 is 0 Å². The maximum Gasteiger partial charge on any atom is 0.00858 e. The third-order valence-corrected chi connectivity index (χ3v) is 14.4.